The Morgan fingerprint density at radius 1 is 1.45 bits per heavy atom. The van der Waals surface area contributed by atoms with E-state index in [1.807, 2.05) is 14.0 Å². The monoisotopic (exact) mass is 300 g/mol. The van der Waals surface area contributed by atoms with Crippen LogP contribution < -0.4 is 5.32 Å². The highest BCUT2D eigenvalue weighted by molar-refractivity contribution is 7.89. The first-order valence-electron chi connectivity index (χ1n) is 7.18. The summed E-state index contributed by atoms with van der Waals surface area (Å²) in [6, 6.07) is 0.430. The van der Waals surface area contributed by atoms with Gasteiger partial charge in [0.2, 0.25) is 0 Å². The lowest BCUT2D eigenvalue weighted by atomic mass is 9.91. The number of rotatable bonds is 5. The maximum Gasteiger partial charge on any atom is 0.262 e. The molecule has 1 aliphatic rings. The minimum absolute atomic E-state index is 0.166. The molecule has 0 bridgehead atoms. The van der Waals surface area contributed by atoms with E-state index in [-0.39, 0.29) is 5.03 Å². The van der Waals surface area contributed by atoms with Gasteiger partial charge in [-0.05, 0) is 39.7 Å². The summed E-state index contributed by atoms with van der Waals surface area (Å²) >= 11 is 0. The first-order valence-corrected chi connectivity index (χ1v) is 8.62. The fourth-order valence-electron chi connectivity index (χ4n) is 2.63. The first-order chi connectivity index (χ1) is 9.48. The molecule has 7 heteroatoms. The van der Waals surface area contributed by atoms with E-state index in [4.69, 9.17) is 0 Å². The van der Waals surface area contributed by atoms with Gasteiger partial charge in [-0.1, -0.05) is 0 Å². The third-order valence-corrected chi connectivity index (χ3v) is 6.02. The van der Waals surface area contributed by atoms with Crippen molar-refractivity contribution in [3.8, 4) is 0 Å². The van der Waals surface area contributed by atoms with Crippen molar-refractivity contribution in [3.05, 3.63) is 12.5 Å². The third-order valence-electron chi connectivity index (χ3n) is 4.24. The Labute approximate surface area is 121 Å². The predicted octanol–water partition coefficient (Wildman–Crippen LogP) is 0.912. The summed E-state index contributed by atoms with van der Waals surface area (Å²) in [5, 5.41) is 3.41. The molecule has 0 aromatic carbocycles. The minimum atomic E-state index is -3.43. The number of imidazole rings is 1. The number of aryl methyl sites for hydroxylation is 1. The first kappa shape index (κ1) is 15.5. The van der Waals surface area contributed by atoms with Gasteiger partial charge in [0, 0.05) is 31.9 Å². The molecule has 2 rings (SSSR count). The highest BCUT2D eigenvalue weighted by atomic mass is 32.2. The number of hydrogen-bond acceptors (Lipinski definition) is 4. The molecule has 0 spiro atoms. The number of nitrogens with one attached hydrogen (secondary N) is 1. The van der Waals surface area contributed by atoms with Gasteiger partial charge >= 0.3 is 0 Å². The van der Waals surface area contributed by atoms with Crippen molar-refractivity contribution in [3.63, 3.8) is 0 Å². The zero-order valence-electron chi connectivity index (χ0n) is 12.4. The molecule has 0 radical (unpaired) electrons. The molecule has 0 amide bonds. The molecule has 1 N–H and O–H groups in total. The van der Waals surface area contributed by atoms with Crippen molar-refractivity contribution in [2.75, 3.05) is 20.1 Å². The quantitative estimate of drug-likeness (QED) is 0.878. The van der Waals surface area contributed by atoms with Crippen molar-refractivity contribution in [2.45, 2.75) is 44.3 Å². The topological polar surface area (TPSA) is 67.2 Å². The van der Waals surface area contributed by atoms with Gasteiger partial charge in [0.15, 0.2) is 5.03 Å². The van der Waals surface area contributed by atoms with Crippen molar-refractivity contribution >= 4 is 10.0 Å². The Balaban J connectivity index is 2.05. The lowest BCUT2D eigenvalue weighted by molar-refractivity contribution is 0.236. The van der Waals surface area contributed by atoms with Gasteiger partial charge < -0.3 is 9.88 Å². The summed E-state index contributed by atoms with van der Waals surface area (Å²) in [7, 11) is -1.48. The van der Waals surface area contributed by atoms with Crippen LogP contribution in [0, 0.1) is 5.92 Å². The standard InChI is InChI=1S/C13H24N4O2S/c1-4-16-9-13(15-10-16)20(18,19)17-7-5-12(6-8-17)11(2)14-3/h9-12,14H,4-8H2,1-3H3. The van der Waals surface area contributed by atoms with E-state index in [9.17, 15) is 8.42 Å². The SMILES string of the molecule is CCn1cnc(S(=O)(=O)N2CCC(C(C)NC)CC2)c1. The Morgan fingerprint density at radius 3 is 2.60 bits per heavy atom. The summed E-state index contributed by atoms with van der Waals surface area (Å²) in [5.41, 5.74) is 0. The highest BCUT2D eigenvalue weighted by Gasteiger charge is 2.32. The van der Waals surface area contributed by atoms with E-state index in [2.05, 4.69) is 17.2 Å². The second kappa shape index (κ2) is 6.24. The van der Waals surface area contributed by atoms with Crippen LogP contribution in [0.1, 0.15) is 26.7 Å². The molecule has 1 fully saturated rings. The van der Waals surface area contributed by atoms with E-state index >= 15 is 0 Å². The summed E-state index contributed by atoms with van der Waals surface area (Å²) in [6.45, 7) is 6.00. The Kier molecular flexibility index (Phi) is 4.82. The van der Waals surface area contributed by atoms with Crippen LogP contribution in [0.4, 0.5) is 0 Å². The molecule has 1 saturated heterocycles. The average Bonchev–Trinajstić information content (AvgIpc) is 2.96. The Hall–Kier alpha value is -0.920. The van der Waals surface area contributed by atoms with E-state index in [0.29, 0.717) is 25.0 Å². The van der Waals surface area contributed by atoms with Crippen LogP contribution in [0.5, 0.6) is 0 Å². The zero-order chi connectivity index (χ0) is 14.8. The fourth-order valence-corrected chi connectivity index (χ4v) is 4.03. The lowest BCUT2D eigenvalue weighted by Crippen LogP contribution is -2.43. The minimum Gasteiger partial charge on any atom is -0.336 e. The average molecular weight is 300 g/mol. The van der Waals surface area contributed by atoms with Gasteiger partial charge in [-0.2, -0.15) is 4.31 Å². The summed E-state index contributed by atoms with van der Waals surface area (Å²) in [4.78, 5) is 4.03. The van der Waals surface area contributed by atoms with E-state index in [1.165, 1.54) is 0 Å². The predicted molar refractivity (Wildman–Crippen MR) is 77.9 cm³/mol. The molecule has 0 aliphatic carbocycles. The number of piperidine rings is 1. The molecular weight excluding hydrogens is 276 g/mol. The molecule has 6 nitrogen and oxygen atoms in total. The zero-order valence-corrected chi connectivity index (χ0v) is 13.2. The van der Waals surface area contributed by atoms with Crippen molar-refractivity contribution in [1.82, 2.24) is 19.2 Å². The molecule has 1 aromatic rings. The largest absolute Gasteiger partial charge is 0.336 e. The van der Waals surface area contributed by atoms with Crippen LogP contribution in [0.3, 0.4) is 0 Å². The van der Waals surface area contributed by atoms with Crippen molar-refractivity contribution < 1.29 is 8.42 Å². The van der Waals surface area contributed by atoms with Gasteiger partial charge in [-0.3, -0.25) is 0 Å². The summed E-state index contributed by atoms with van der Waals surface area (Å²) in [5.74, 6) is 0.541. The number of sulfonamides is 1. The van der Waals surface area contributed by atoms with Crippen LogP contribution in [-0.2, 0) is 16.6 Å². The maximum atomic E-state index is 12.5. The number of nitrogens with zero attached hydrogens (tertiary/aromatic N) is 3. The van der Waals surface area contributed by atoms with Crippen molar-refractivity contribution in [2.24, 2.45) is 5.92 Å². The Morgan fingerprint density at radius 2 is 2.10 bits per heavy atom. The van der Waals surface area contributed by atoms with Crippen LogP contribution in [0.2, 0.25) is 0 Å². The van der Waals surface area contributed by atoms with Crippen LogP contribution in [-0.4, -0.2) is 48.5 Å². The molecule has 1 unspecified atom stereocenters. The van der Waals surface area contributed by atoms with Crippen LogP contribution >= 0.6 is 0 Å². The Bertz CT molecular complexity index is 532. The second-order valence-corrected chi connectivity index (χ2v) is 7.25. The molecule has 2 heterocycles. The van der Waals surface area contributed by atoms with Gasteiger partial charge in [0.05, 0.1) is 6.33 Å². The van der Waals surface area contributed by atoms with Gasteiger partial charge in [0.25, 0.3) is 10.0 Å². The van der Waals surface area contributed by atoms with Gasteiger partial charge in [-0.25, -0.2) is 13.4 Å². The van der Waals surface area contributed by atoms with E-state index < -0.39 is 10.0 Å². The second-order valence-electron chi connectivity index (χ2n) is 5.36. The van der Waals surface area contributed by atoms with Crippen LogP contribution in [0.25, 0.3) is 0 Å². The normalized spacial score (nSPS) is 20.1. The summed E-state index contributed by atoms with van der Waals surface area (Å²) in [6.07, 6.45) is 4.98. The smallest absolute Gasteiger partial charge is 0.262 e. The molecule has 1 atom stereocenters. The fraction of sp³-hybridized carbons (Fsp3) is 0.769. The van der Waals surface area contributed by atoms with Crippen LogP contribution in [0.15, 0.2) is 17.6 Å². The number of aromatic nitrogens is 2. The number of hydrogen-bond donors (Lipinski definition) is 1. The molecule has 20 heavy (non-hydrogen) atoms. The third kappa shape index (κ3) is 3.05. The molecule has 114 valence electrons. The van der Waals surface area contributed by atoms with E-state index in [1.54, 1.807) is 21.4 Å². The maximum absolute atomic E-state index is 12.5. The molecule has 1 aromatic heterocycles. The lowest BCUT2D eigenvalue weighted by Gasteiger charge is -2.33. The molecular formula is C13H24N4O2S. The molecule has 1 aliphatic heterocycles. The molecule has 0 saturated carbocycles. The van der Waals surface area contributed by atoms with E-state index in [0.717, 1.165) is 19.4 Å². The van der Waals surface area contributed by atoms with Gasteiger partial charge in [0.1, 0.15) is 0 Å². The highest BCUT2D eigenvalue weighted by Crippen LogP contribution is 2.24. The van der Waals surface area contributed by atoms with Crippen molar-refractivity contribution in [1.29, 1.82) is 0 Å². The summed E-state index contributed by atoms with van der Waals surface area (Å²) < 4.78 is 28.3. The van der Waals surface area contributed by atoms with Gasteiger partial charge in [-0.15, -0.1) is 0 Å².